The molecule has 1 saturated carbocycles. The van der Waals surface area contributed by atoms with Crippen molar-refractivity contribution in [2.45, 2.75) is 38.6 Å². The van der Waals surface area contributed by atoms with Gasteiger partial charge in [0, 0.05) is 6.04 Å². The standard InChI is InChI=1S/C24H25BrN2O2S/c1-16-8-6-7-11-20(16)27-23(28)22(15-17-12-13-21(29-2)19(25)14-17)30-24(27)26-18-9-4-3-5-10-18/h3-5,9-10,12-16,20H,6-8,11H2,1-2H3/b22-15-,26-24?/t16-,20+/m1/s1. The first-order valence-corrected chi connectivity index (χ1v) is 11.9. The average molecular weight is 485 g/mol. The maximum atomic E-state index is 13.5. The van der Waals surface area contributed by atoms with E-state index in [9.17, 15) is 4.79 Å². The molecule has 0 N–H and O–H groups in total. The van der Waals surface area contributed by atoms with Crippen molar-refractivity contribution in [1.29, 1.82) is 0 Å². The predicted octanol–water partition coefficient (Wildman–Crippen LogP) is 6.64. The van der Waals surface area contributed by atoms with Crippen molar-refractivity contribution in [3.8, 4) is 5.75 Å². The van der Waals surface area contributed by atoms with E-state index >= 15 is 0 Å². The lowest BCUT2D eigenvalue weighted by Gasteiger charge is -2.35. The zero-order valence-corrected chi connectivity index (χ0v) is 19.6. The summed E-state index contributed by atoms with van der Waals surface area (Å²) < 4.78 is 6.18. The molecule has 2 atom stereocenters. The second kappa shape index (κ2) is 9.40. The van der Waals surface area contributed by atoms with Crippen LogP contribution in [0.1, 0.15) is 38.2 Å². The van der Waals surface area contributed by atoms with Crippen molar-refractivity contribution < 1.29 is 9.53 Å². The number of hydrogen-bond donors (Lipinski definition) is 0. The Kier molecular flexibility index (Phi) is 6.64. The minimum Gasteiger partial charge on any atom is -0.496 e. The van der Waals surface area contributed by atoms with Gasteiger partial charge in [-0.2, -0.15) is 0 Å². The number of aliphatic imine (C=N–C) groups is 1. The molecule has 2 aliphatic rings. The summed E-state index contributed by atoms with van der Waals surface area (Å²) >= 11 is 5.00. The number of carbonyl (C=O) groups excluding carboxylic acids is 1. The highest BCUT2D eigenvalue weighted by Gasteiger charge is 2.41. The second-order valence-electron chi connectivity index (χ2n) is 7.74. The number of thioether (sulfide) groups is 1. The molecule has 0 aromatic heterocycles. The number of para-hydroxylation sites is 1. The maximum absolute atomic E-state index is 13.5. The van der Waals surface area contributed by atoms with E-state index in [1.807, 2.05) is 59.5 Å². The Morgan fingerprint density at radius 2 is 1.93 bits per heavy atom. The summed E-state index contributed by atoms with van der Waals surface area (Å²) in [6.45, 7) is 2.25. The third kappa shape index (κ3) is 4.49. The highest BCUT2D eigenvalue weighted by atomic mass is 79.9. The highest BCUT2D eigenvalue weighted by molar-refractivity contribution is 9.10. The first-order valence-electron chi connectivity index (χ1n) is 10.3. The molecule has 4 nitrogen and oxygen atoms in total. The summed E-state index contributed by atoms with van der Waals surface area (Å²) in [6.07, 6.45) is 6.53. The molecule has 0 bridgehead atoms. The summed E-state index contributed by atoms with van der Waals surface area (Å²) in [5.41, 5.74) is 1.82. The molecule has 156 valence electrons. The van der Waals surface area contributed by atoms with Crippen molar-refractivity contribution >= 4 is 50.5 Å². The molecular weight excluding hydrogens is 460 g/mol. The largest absolute Gasteiger partial charge is 0.496 e. The fourth-order valence-electron chi connectivity index (χ4n) is 4.07. The molecular formula is C24H25BrN2O2S. The van der Waals surface area contributed by atoms with Gasteiger partial charge in [0.2, 0.25) is 0 Å². The van der Waals surface area contributed by atoms with E-state index < -0.39 is 0 Å². The van der Waals surface area contributed by atoms with E-state index in [0.29, 0.717) is 10.8 Å². The van der Waals surface area contributed by atoms with Crippen molar-refractivity contribution in [3.05, 3.63) is 63.5 Å². The lowest BCUT2D eigenvalue weighted by atomic mass is 9.85. The Labute approximate surface area is 190 Å². The number of amides is 1. The molecule has 6 heteroatoms. The van der Waals surface area contributed by atoms with E-state index in [4.69, 9.17) is 9.73 Å². The number of amidine groups is 1. The third-order valence-corrected chi connectivity index (χ3v) is 7.29. The van der Waals surface area contributed by atoms with Gasteiger partial charge in [0.25, 0.3) is 5.91 Å². The number of hydrogen-bond acceptors (Lipinski definition) is 4. The lowest BCUT2D eigenvalue weighted by molar-refractivity contribution is -0.124. The predicted molar refractivity (Wildman–Crippen MR) is 128 cm³/mol. The van der Waals surface area contributed by atoms with E-state index in [2.05, 4.69) is 22.9 Å². The highest BCUT2D eigenvalue weighted by Crippen LogP contribution is 2.40. The number of carbonyl (C=O) groups is 1. The van der Waals surface area contributed by atoms with Crippen LogP contribution in [0.25, 0.3) is 6.08 Å². The molecule has 0 spiro atoms. The van der Waals surface area contributed by atoms with Crippen molar-refractivity contribution in [2.24, 2.45) is 10.9 Å². The maximum Gasteiger partial charge on any atom is 0.267 e. The Morgan fingerprint density at radius 3 is 2.63 bits per heavy atom. The quantitative estimate of drug-likeness (QED) is 0.456. The number of benzene rings is 2. The molecule has 1 amide bonds. The van der Waals surface area contributed by atoms with Gasteiger partial charge in [-0.05, 0) is 82.4 Å². The minimum atomic E-state index is 0.0559. The summed E-state index contributed by atoms with van der Waals surface area (Å²) in [5.74, 6) is 1.30. The third-order valence-electron chi connectivity index (χ3n) is 5.69. The van der Waals surface area contributed by atoms with E-state index in [1.54, 1.807) is 7.11 Å². The van der Waals surface area contributed by atoms with Crippen molar-refractivity contribution in [2.75, 3.05) is 7.11 Å². The summed E-state index contributed by atoms with van der Waals surface area (Å²) in [6, 6.07) is 15.9. The monoisotopic (exact) mass is 484 g/mol. The van der Waals surface area contributed by atoms with Crippen LogP contribution in [0.4, 0.5) is 5.69 Å². The summed E-state index contributed by atoms with van der Waals surface area (Å²) in [5, 5.41) is 0.781. The molecule has 2 aromatic rings. The number of halogens is 1. The molecule has 1 heterocycles. The normalized spacial score (nSPS) is 24.6. The summed E-state index contributed by atoms with van der Waals surface area (Å²) in [7, 11) is 1.64. The van der Waals surface area contributed by atoms with Crippen LogP contribution in [0, 0.1) is 5.92 Å². The number of rotatable bonds is 4. The number of methoxy groups -OCH3 is 1. The van der Waals surface area contributed by atoms with Crippen molar-refractivity contribution in [1.82, 2.24) is 4.90 Å². The smallest absolute Gasteiger partial charge is 0.267 e. The van der Waals surface area contributed by atoms with E-state index in [1.165, 1.54) is 18.2 Å². The number of ether oxygens (including phenoxy) is 1. The van der Waals surface area contributed by atoms with Crippen LogP contribution in [0.15, 0.2) is 62.9 Å². The molecule has 30 heavy (non-hydrogen) atoms. The first-order chi connectivity index (χ1) is 14.6. The average Bonchev–Trinajstić information content (AvgIpc) is 3.04. The Morgan fingerprint density at radius 1 is 1.17 bits per heavy atom. The van der Waals surface area contributed by atoms with Crippen LogP contribution in [-0.4, -0.2) is 29.1 Å². The molecule has 1 saturated heterocycles. The van der Waals surface area contributed by atoms with Crippen molar-refractivity contribution in [3.63, 3.8) is 0 Å². The van der Waals surface area contributed by atoms with Gasteiger partial charge in [-0.1, -0.05) is 44.0 Å². The zero-order valence-electron chi connectivity index (χ0n) is 17.2. The molecule has 0 unspecified atom stereocenters. The molecule has 4 rings (SSSR count). The van der Waals surface area contributed by atoms with Crippen LogP contribution >= 0.6 is 27.7 Å². The Bertz CT molecular complexity index is 990. The molecule has 2 aromatic carbocycles. The zero-order chi connectivity index (χ0) is 21.1. The van der Waals surface area contributed by atoms with Crippen LogP contribution in [-0.2, 0) is 4.79 Å². The summed E-state index contributed by atoms with van der Waals surface area (Å²) in [4.78, 5) is 21.0. The SMILES string of the molecule is COc1ccc(/C=C2\SC(=Nc3ccccc3)N([C@H]3CCCC[C@H]3C)C2=O)cc1Br. The van der Waals surface area contributed by atoms with Gasteiger partial charge in [0.1, 0.15) is 5.75 Å². The van der Waals surface area contributed by atoms with Crippen LogP contribution in [0.3, 0.4) is 0 Å². The van der Waals surface area contributed by atoms with Gasteiger partial charge in [-0.25, -0.2) is 4.99 Å². The van der Waals surface area contributed by atoms with Crippen LogP contribution in [0.2, 0.25) is 0 Å². The van der Waals surface area contributed by atoms with E-state index in [0.717, 1.165) is 45.9 Å². The molecule has 1 aliphatic heterocycles. The van der Waals surface area contributed by atoms with Gasteiger partial charge in [0.05, 0.1) is 22.2 Å². The number of nitrogens with zero attached hydrogens (tertiary/aromatic N) is 2. The fraction of sp³-hybridized carbons (Fsp3) is 0.333. The molecule has 1 aliphatic carbocycles. The fourth-order valence-corrected chi connectivity index (χ4v) is 5.68. The van der Waals surface area contributed by atoms with Gasteiger partial charge in [-0.3, -0.25) is 9.69 Å². The van der Waals surface area contributed by atoms with Crippen LogP contribution < -0.4 is 4.74 Å². The van der Waals surface area contributed by atoms with Gasteiger partial charge in [0.15, 0.2) is 5.17 Å². The molecule has 0 radical (unpaired) electrons. The topological polar surface area (TPSA) is 41.9 Å². The van der Waals surface area contributed by atoms with E-state index in [-0.39, 0.29) is 11.9 Å². The molecule has 2 fully saturated rings. The Hall–Kier alpha value is -2.05. The minimum absolute atomic E-state index is 0.0559. The second-order valence-corrected chi connectivity index (χ2v) is 9.60. The first kappa shape index (κ1) is 21.2. The van der Waals surface area contributed by atoms with Crippen LogP contribution in [0.5, 0.6) is 5.75 Å². The van der Waals surface area contributed by atoms with Gasteiger partial charge >= 0.3 is 0 Å². The van der Waals surface area contributed by atoms with Gasteiger partial charge in [-0.15, -0.1) is 0 Å². The lowest BCUT2D eigenvalue weighted by Crippen LogP contribution is -2.44. The Balaban J connectivity index is 1.71. The van der Waals surface area contributed by atoms with Gasteiger partial charge < -0.3 is 4.74 Å².